The normalized spacial score (nSPS) is 10.4. The second-order valence-corrected chi connectivity index (χ2v) is 7.33. The molecule has 0 radical (unpaired) electrons. The molecule has 0 aliphatic heterocycles. The summed E-state index contributed by atoms with van der Waals surface area (Å²) in [7, 11) is 0. The Morgan fingerprint density at radius 1 is 0.821 bits per heavy atom. The van der Waals surface area contributed by atoms with E-state index in [4.69, 9.17) is 16.6 Å². The fraction of sp³-hybridized carbons (Fsp3) is 0.0952. The summed E-state index contributed by atoms with van der Waals surface area (Å²) in [5, 5.41) is 15.6. The number of nitrogen functional groups attached to an aromatic ring is 2. The molecule has 7 N–H and O–H groups in total. The number of thioether (sulfide) groups is 1. The molecule has 0 heterocycles. The molecular formula is C21H22N4O2S. The molecule has 0 spiro atoms. The molecular weight excluding hydrogens is 372 g/mol. The molecule has 0 aliphatic carbocycles. The number of aliphatic carboxylic acids is 1. The summed E-state index contributed by atoms with van der Waals surface area (Å²) in [6.45, 7) is 0. The Labute approximate surface area is 167 Å². The molecule has 28 heavy (non-hydrogen) atoms. The number of carbonyl (C=O) groups is 1. The van der Waals surface area contributed by atoms with Crippen LogP contribution in [0.1, 0.15) is 6.42 Å². The van der Waals surface area contributed by atoms with Gasteiger partial charge in [-0.05, 0) is 66.7 Å². The second-order valence-electron chi connectivity index (χ2n) is 6.20. The number of hydrogen-bond donors (Lipinski definition) is 5. The van der Waals surface area contributed by atoms with Gasteiger partial charge in [0.1, 0.15) is 0 Å². The third-order valence-corrected chi connectivity index (χ3v) is 5.00. The van der Waals surface area contributed by atoms with Crippen LogP contribution in [0.4, 0.5) is 34.1 Å². The first-order valence-electron chi connectivity index (χ1n) is 8.73. The van der Waals surface area contributed by atoms with Gasteiger partial charge in [0.25, 0.3) is 0 Å². The van der Waals surface area contributed by atoms with E-state index in [0.29, 0.717) is 17.1 Å². The zero-order valence-electron chi connectivity index (χ0n) is 15.2. The topological polar surface area (TPSA) is 113 Å². The highest BCUT2D eigenvalue weighted by molar-refractivity contribution is 7.99. The molecule has 0 aliphatic rings. The Bertz CT molecular complexity index is 944. The first-order chi connectivity index (χ1) is 13.5. The minimum absolute atomic E-state index is 0.0988. The molecule has 7 heteroatoms. The zero-order valence-corrected chi connectivity index (χ0v) is 16.0. The van der Waals surface area contributed by atoms with Crippen LogP contribution in [0.3, 0.4) is 0 Å². The molecule has 3 aromatic rings. The van der Waals surface area contributed by atoms with E-state index in [0.717, 1.165) is 27.6 Å². The van der Waals surface area contributed by atoms with Gasteiger partial charge in [-0.3, -0.25) is 4.79 Å². The van der Waals surface area contributed by atoms with Crippen LogP contribution in [0.2, 0.25) is 0 Å². The number of carboxylic acids is 1. The number of benzene rings is 3. The van der Waals surface area contributed by atoms with Crippen LogP contribution >= 0.6 is 11.8 Å². The molecule has 0 bridgehead atoms. The highest BCUT2D eigenvalue weighted by Crippen LogP contribution is 2.34. The van der Waals surface area contributed by atoms with E-state index in [1.54, 1.807) is 0 Å². The molecule has 3 rings (SSSR count). The molecule has 144 valence electrons. The molecule has 0 unspecified atom stereocenters. The number of hydrogen-bond acceptors (Lipinski definition) is 6. The average Bonchev–Trinajstić information content (AvgIpc) is 2.67. The SMILES string of the molecule is Nc1ccc(Nc2ccc(Nc3ccc(N)cc3)c(SCCC(=O)O)c2)cc1. The van der Waals surface area contributed by atoms with Gasteiger partial charge in [-0.2, -0.15) is 0 Å². The zero-order chi connectivity index (χ0) is 19.9. The van der Waals surface area contributed by atoms with Gasteiger partial charge in [-0.1, -0.05) is 0 Å². The van der Waals surface area contributed by atoms with Crippen molar-refractivity contribution < 1.29 is 9.90 Å². The minimum Gasteiger partial charge on any atom is -0.481 e. The van der Waals surface area contributed by atoms with Crippen LogP contribution in [0.25, 0.3) is 0 Å². The molecule has 0 atom stereocenters. The number of rotatable bonds is 8. The lowest BCUT2D eigenvalue weighted by atomic mass is 10.2. The number of nitrogens with one attached hydrogen (secondary N) is 2. The quantitative estimate of drug-likeness (QED) is 0.273. The van der Waals surface area contributed by atoms with Crippen LogP contribution in [0, 0.1) is 0 Å². The van der Waals surface area contributed by atoms with Crippen molar-refractivity contribution in [3.63, 3.8) is 0 Å². The van der Waals surface area contributed by atoms with Crippen molar-refractivity contribution in [3.05, 3.63) is 66.7 Å². The van der Waals surface area contributed by atoms with Crippen molar-refractivity contribution in [1.29, 1.82) is 0 Å². The van der Waals surface area contributed by atoms with Gasteiger partial charge >= 0.3 is 5.97 Å². The van der Waals surface area contributed by atoms with Crippen molar-refractivity contribution in [3.8, 4) is 0 Å². The van der Waals surface area contributed by atoms with Crippen molar-refractivity contribution >= 4 is 51.9 Å². The predicted octanol–water partition coefficient (Wildman–Crippen LogP) is 4.91. The highest BCUT2D eigenvalue weighted by Gasteiger charge is 2.08. The molecule has 0 saturated heterocycles. The van der Waals surface area contributed by atoms with E-state index in [9.17, 15) is 4.79 Å². The third-order valence-electron chi connectivity index (χ3n) is 3.94. The minimum atomic E-state index is -0.809. The fourth-order valence-corrected chi connectivity index (χ4v) is 3.51. The lowest BCUT2D eigenvalue weighted by molar-refractivity contribution is -0.136. The summed E-state index contributed by atoms with van der Waals surface area (Å²) in [4.78, 5) is 11.8. The smallest absolute Gasteiger partial charge is 0.304 e. The maximum atomic E-state index is 10.9. The van der Waals surface area contributed by atoms with E-state index in [1.807, 2.05) is 66.7 Å². The van der Waals surface area contributed by atoms with E-state index in [-0.39, 0.29) is 6.42 Å². The van der Waals surface area contributed by atoms with Gasteiger partial charge in [0.2, 0.25) is 0 Å². The second kappa shape index (κ2) is 9.05. The molecule has 0 aromatic heterocycles. The largest absolute Gasteiger partial charge is 0.481 e. The maximum absolute atomic E-state index is 10.9. The summed E-state index contributed by atoms with van der Waals surface area (Å²) >= 11 is 1.50. The van der Waals surface area contributed by atoms with Gasteiger partial charge < -0.3 is 27.2 Å². The van der Waals surface area contributed by atoms with E-state index in [1.165, 1.54) is 11.8 Å². The van der Waals surface area contributed by atoms with E-state index in [2.05, 4.69) is 10.6 Å². The number of nitrogens with two attached hydrogens (primary N) is 2. The van der Waals surface area contributed by atoms with Crippen molar-refractivity contribution in [2.75, 3.05) is 27.9 Å². The summed E-state index contributed by atoms with van der Waals surface area (Å²) in [5.41, 5.74) is 16.5. The van der Waals surface area contributed by atoms with Crippen LogP contribution < -0.4 is 22.1 Å². The first kappa shape index (κ1) is 19.4. The molecule has 0 saturated carbocycles. The van der Waals surface area contributed by atoms with Crippen LogP contribution in [0.5, 0.6) is 0 Å². The van der Waals surface area contributed by atoms with Crippen LogP contribution in [-0.4, -0.2) is 16.8 Å². The van der Waals surface area contributed by atoms with Crippen molar-refractivity contribution in [2.45, 2.75) is 11.3 Å². The summed E-state index contributed by atoms with van der Waals surface area (Å²) < 4.78 is 0. The molecule has 0 fully saturated rings. The molecule has 3 aromatic carbocycles. The van der Waals surface area contributed by atoms with E-state index >= 15 is 0 Å². The van der Waals surface area contributed by atoms with Gasteiger partial charge in [-0.25, -0.2) is 0 Å². The predicted molar refractivity (Wildman–Crippen MR) is 118 cm³/mol. The Morgan fingerprint density at radius 3 is 1.93 bits per heavy atom. The van der Waals surface area contributed by atoms with Gasteiger partial charge in [0.15, 0.2) is 0 Å². The lowest BCUT2D eigenvalue weighted by Gasteiger charge is -2.15. The van der Waals surface area contributed by atoms with Crippen molar-refractivity contribution in [2.24, 2.45) is 0 Å². The van der Waals surface area contributed by atoms with Gasteiger partial charge in [-0.15, -0.1) is 11.8 Å². The molecule has 0 amide bonds. The first-order valence-corrected chi connectivity index (χ1v) is 9.72. The van der Waals surface area contributed by atoms with Crippen LogP contribution in [-0.2, 0) is 4.79 Å². The Kier molecular flexibility index (Phi) is 6.29. The van der Waals surface area contributed by atoms with Crippen LogP contribution in [0.15, 0.2) is 71.6 Å². The standard InChI is InChI=1S/C21H22N4O2S/c22-14-1-5-16(6-2-14)24-18-9-10-19(20(13-18)28-12-11-21(26)27)25-17-7-3-15(23)4-8-17/h1-10,13,24-25H,11-12,22-23H2,(H,26,27). The van der Waals surface area contributed by atoms with Crippen molar-refractivity contribution in [1.82, 2.24) is 0 Å². The third kappa shape index (κ3) is 5.59. The lowest BCUT2D eigenvalue weighted by Crippen LogP contribution is -1.99. The Morgan fingerprint density at radius 2 is 1.36 bits per heavy atom. The summed E-state index contributed by atoms with van der Waals surface area (Å²) in [5.74, 6) is -0.325. The summed E-state index contributed by atoms with van der Waals surface area (Å²) in [6.07, 6.45) is 0.0988. The summed E-state index contributed by atoms with van der Waals surface area (Å²) in [6, 6.07) is 20.9. The number of carboxylic acid groups (broad SMARTS) is 1. The maximum Gasteiger partial charge on any atom is 0.304 e. The van der Waals surface area contributed by atoms with Gasteiger partial charge in [0.05, 0.1) is 12.1 Å². The van der Waals surface area contributed by atoms with Gasteiger partial charge in [0, 0.05) is 39.1 Å². The Balaban J connectivity index is 1.81. The Hall–Kier alpha value is -3.32. The fourth-order valence-electron chi connectivity index (χ4n) is 2.53. The average molecular weight is 395 g/mol. The highest BCUT2D eigenvalue weighted by atomic mass is 32.2. The number of anilines is 6. The monoisotopic (exact) mass is 394 g/mol. The molecule has 6 nitrogen and oxygen atoms in total. The van der Waals surface area contributed by atoms with E-state index < -0.39 is 5.97 Å².